The van der Waals surface area contributed by atoms with Gasteiger partial charge in [0.25, 0.3) is 11.5 Å². The normalized spacial score (nSPS) is 21.9. The van der Waals surface area contributed by atoms with Crippen LogP contribution in [0.15, 0.2) is 41.5 Å². The number of likely N-dealkylation sites (tertiary alicyclic amines) is 1. The summed E-state index contributed by atoms with van der Waals surface area (Å²) in [6.45, 7) is 2.96. The summed E-state index contributed by atoms with van der Waals surface area (Å²) in [7, 11) is 0. The molecule has 140 valence electrons. The Morgan fingerprint density at radius 2 is 1.93 bits per heavy atom. The number of aromatic nitrogens is 2. The number of benzene rings is 1. The third-order valence-corrected chi connectivity index (χ3v) is 5.28. The maximum atomic E-state index is 12.8. The minimum Gasteiger partial charge on any atom is -0.351 e. The van der Waals surface area contributed by atoms with Crippen molar-refractivity contribution in [3.63, 3.8) is 0 Å². The molecule has 0 unspecified atom stereocenters. The van der Waals surface area contributed by atoms with E-state index in [4.69, 9.17) is 0 Å². The van der Waals surface area contributed by atoms with E-state index >= 15 is 0 Å². The maximum Gasteiger partial charge on any atom is 0.274 e. The third kappa shape index (κ3) is 3.77. The number of amides is 2. The Balaban J connectivity index is 1.56. The first kappa shape index (κ1) is 17.5. The highest BCUT2D eigenvalue weighted by Gasteiger charge is 2.40. The first-order valence-corrected chi connectivity index (χ1v) is 9.22. The second-order valence-corrected chi connectivity index (χ2v) is 7.41. The molecule has 2 amide bonds. The van der Waals surface area contributed by atoms with Crippen LogP contribution in [0.2, 0.25) is 0 Å². The predicted octanol–water partition coefficient (Wildman–Crippen LogP) is 1.21. The number of nitrogens with one attached hydrogen (secondary N) is 2. The number of H-pyrrole nitrogens is 1. The van der Waals surface area contributed by atoms with Gasteiger partial charge < -0.3 is 15.2 Å². The van der Waals surface area contributed by atoms with Gasteiger partial charge in [0.15, 0.2) is 0 Å². The molecule has 1 saturated carbocycles. The van der Waals surface area contributed by atoms with Gasteiger partial charge in [0.1, 0.15) is 5.69 Å². The van der Waals surface area contributed by atoms with Crippen LogP contribution in [0, 0.1) is 12.8 Å². The van der Waals surface area contributed by atoms with Gasteiger partial charge in [-0.25, -0.2) is 4.98 Å². The van der Waals surface area contributed by atoms with Gasteiger partial charge in [0, 0.05) is 31.1 Å². The number of rotatable bonds is 4. The van der Waals surface area contributed by atoms with Crippen molar-refractivity contribution >= 4 is 11.8 Å². The molecule has 2 aliphatic rings. The lowest BCUT2D eigenvalue weighted by atomic mass is 9.93. The Labute approximate surface area is 156 Å². The molecule has 2 heterocycles. The van der Waals surface area contributed by atoms with Crippen LogP contribution in [0.4, 0.5) is 0 Å². The average Bonchev–Trinajstić information content (AvgIpc) is 3.44. The van der Waals surface area contributed by atoms with Crippen molar-refractivity contribution in [1.82, 2.24) is 20.2 Å². The second kappa shape index (κ2) is 6.98. The van der Waals surface area contributed by atoms with Gasteiger partial charge in [0.05, 0.1) is 12.2 Å². The molecule has 1 aliphatic heterocycles. The Morgan fingerprint density at radius 1 is 1.19 bits per heavy atom. The van der Waals surface area contributed by atoms with Crippen molar-refractivity contribution in [1.29, 1.82) is 0 Å². The zero-order chi connectivity index (χ0) is 19.0. The van der Waals surface area contributed by atoms with Crippen molar-refractivity contribution < 1.29 is 9.59 Å². The Morgan fingerprint density at radius 3 is 2.56 bits per heavy atom. The molecule has 1 saturated heterocycles. The molecule has 7 heteroatoms. The number of hydrogen-bond acceptors (Lipinski definition) is 4. The van der Waals surface area contributed by atoms with Crippen LogP contribution in [0.1, 0.15) is 40.4 Å². The minimum absolute atomic E-state index is 0.0278. The van der Waals surface area contributed by atoms with Gasteiger partial charge in [-0.2, -0.15) is 0 Å². The number of carbonyl (C=O) groups is 2. The molecule has 4 rings (SSSR count). The van der Waals surface area contributed by atoms with E-state index in [0.717, 1.165) is 24.6 Å². The fourth-order valence-corrected chi connectivity index (χ4v) is 3.53. The van der Waals surface area contributed by atoms with E-state index in [-0.39, 0.29) is 40.9 Å². The number of carbonyl (C=O) groups excluding carboxylic acids is 2. The molecular weight excluding hydrogens is 344 g/mol. The summed E-state index contributed by atoms with van der Waals surface area (Å²) in [5.41, 5.74) is 2.12. The lowest BCUT2D eigenvalue weighted by molar-refractivity contribution is -0.123. The fraction of sp³-hybridized carbons (Fsp3) is 0.400. The van der Waals surface area contributed by atoms with Crippen molar-refractivity contribution in [2.75, 3.05) is 13.1 Å². The van der Waals surface area contributed by atoms with Crippen LogP contribution in [0.3, 0.4) is 0 Å². The molecule has 1 aliphatic carbocycles. The molecule has 0 bridgehead atoms. The summed E-state index contributed by atoms with van der Waals surface area (Å²) in [6, 6.07) is 8.07. The van der Waals surface area contributed by atoms with Gasteiger partial charge in [0.2, 0.25) is 5.91 Å². The van der Waals surface area contributed by atoms with E-state index in [0.29, 0.717) is 13.1 Å². The zero-order valence-electron chi connectivity index (χ0n) is 15.1. The van der Waals surface area contributed by atoms with E-state index in [1.165, 1.54) is 11.8 Å². The van der Waals surface area contributed by atoms with E-state index in [9.17, 15) is 14.4 Å². The molecule has 2 aromatic rings. The topological polar surface area (TPSA) is 95.2 Å². The number of aromatic amines is 1. The highest BCUT2D eigenvalue weighted by atomic mass is 16.2. The van der Waals surface area contributed by atoms with Crippen molar-refractivity contribution in [2.45, 2.75) is 31.7 Å². The van der Waals surface area contributed by atoms with E-state index in [1.807, 2.05) is 19.1 Å². The van der Waals surface area contributed by atoms with Crippen molar-refractivity contribution in [3.05, 3.63) is 63.8 Å². The molecule has 0 spiro atoms. The summed E-state index contributed by atoms with van der Waals surface area (Å²) in [5.74, 6) is -0.0191. The average molecular weight is 366 g/mol. The smallest absolute Gasteiger partial charge is 0.274 e. The molecule has 27 heavy (non-hydrogen) atoms. The Hall–Kier alpha value is -2.96. The highest BCUT2D eigenvalue weighted by molar-refractivity contribution is 5.92. The number of aryl methyl sites for hydroxylation is 1. The van der Waals surface area contributed by atoms with Crippen molar-refractivity contribution in [2.24, 2.45) is 5.92 Å². The molecule has 2 fully saturated rings. The largest absolute Gasteiger partial charge is 0.351 e. The van der Waals surface area contributed by atoms with Crippen LogP contribution >= 0.6 is 0 Å². The van der Waals surface area contributed by atoms with E-state index < -0.39 is 0 Å². The molecule has 1 aromatic carbocycles. The predicted molar refractivity (Wildman–Crippen MR) is 99.3 cm³/mol. The first-order chi connectivity index (χ1) is 13.0. The summed E-state index contributed by atoms with van der Waals surface area (Å²) in [5, 5.41) is 3.14. The summed E-state index contributed by atoms with van der Waals surface area (Å²) >= 11 is 0. The molecule has 7 nitrogen and oxygen atoms in total. The molecule has 2 atom stereocenters. The van der Waals surface area contributed by atoms with Crippen LogP contribution in [0.5, 0.6) is 0 Å². The van der Waals surface area contributed by atoms with Gasteiger partial charge in [-0.05, 0) is 25.3 Å². The first-order valence-electron chi connectivity index (χ1n) is 9.22. The minimum atomic E-state index is -0.347. The lowest BCUT2D eigenvalue weighted by Gasteiger charge is -2.20. The monoisotopic (exact) mass is 366 g/mol. The Kier molecular flexibility index (Phi) is 4.51. The maximum absolute atomic E-state index is 12.8. The van der Waals surface area contributed by atoms with Crippen molar-refractivity contribution in [3.8, 4) is 0 Å². The third-order valence-electron chi connectivity index (χ3n) is 5.28. The lowest BCUT2D eigenvalue weighted by Crippen LogP contribution is -2.41. The fourth-order valence-electron chi connectivity index (χ4n) is 3.53. The molecule has 2 N–H and O–H groups in total. The van der Waals surface area contributed by atoms with Gasteiger partial charge in [-0.1, -0.05) is 29.8 Å². The van der Waals surface area contributed by atoms with Gasteiger partial charge in [-0.15, -0.1) is 0 Å². The SMILES string of the molecule is Cc1ccc([C@@H]2CN(C(=O)c3c[nH]c(=O)cn3)C[C@H]2NC(=O)C2CC2)cc1. The van der Waals surface area contributed by atoms with Crippen LogP contribution in [-0.2, 0) is 4.79 Å². The standard InChI is InChI=1S/C20H22N4O3/c1-12-2-4-13(5-3-12)15-10-24(11-17(15)23-19(26)14-6-7-14)20(27)16-8-22-18(25)9-21-16/h2-5,8-9,14-15,17H,6-7,10-11H2,1H3,(H,22,25)(H,23,26)/t15-,17+/m0/s1. The molecule has 0 radical (unpaired) electrons. The van der Waals surface area contributed by atoms with Crippen LogP contribution < -0.4 is 10.9 Å². The second-order valence-electron chi connectivity index (χ2n) is 7.41. The van der Waals surface area contributed by atoms with E-state index in [2.05, 4.69) is 27.4 Å². The number of nitrogens with zero attached hydrogens (tertiary/aromatic N) is 2. The number of hydrogen-bond donors (Lipinski definition) is 2. The molecular formula is C20H22N4O3. The van der Waals surface area contributed by atoms with Crippen LogP contribution in [-0.4, -0.2) is 45.8 Å². The highest BCUT2D eigenvalue weighted by Crippen LogP contribution is 2.32. The van der Waals surface area contributed by atoms with Gasteiger partial charge >= 0.3 is 0 Å². The van der Waals surface area contributed by atoms with Gasteiger partial charge in [-0.3, -0.25) is 14.4 Å². The van der Waals surface area contributed by atoms with Crippen LogP contribution in [0.25, 0.3) is 0 Å². The molecule has 1 aromatic heterocycles. The summed E-state index contributed by atoms with van der Waals surface area (Å²) < 4.78 is 0. The van der Waals surface area contributed by atoms with E-state index in [1.54, 1.807) is 4.90 Å². The zero-order valence-corrected chi connectivity index (χ0v) is 15.1. The summed E-state index contributed by atoms with van der Waals surface area (Å²) in [4.78, 5) is 44.4. The quantitative estimate of drug-likeness (QED) is 0.850. The summed E-state index contributed by atoms with van der Waals surface area (Å²) in [6.07, 6.45) is 4.32. The Bertz CT molecular complexity index is 897.